The van der Waals surface area contributed by atoms with Crippen molar-refractivity contribution in [3.63, 3.8) is 0 Å². The molecule has 0 unspecified atom stereocenters. The monoisotopic (exact) mass is 215 g/mol. The molecule has 3 nitrogen and oxygen atoms in total. The second-order valence-electron chi connectivity index (χ2n) is 4.18. The van der Waals surface area contributed by atoms with Crippen LogP contribution in [0.3, 0.4) is 0 Å². The molecule has 1 aromatic heterocycles. The average Bonchev–Trinajstić information content (AvgIpc) is 2.58. The zero-order chi connectivity index (χ0) is 10.8. The Labute approximate surface area is 87.5 Å². The van der Waals surface area contributed by atoms with Gasteiger partial charge in [0.1, 0.15) is 5.82 Å². The van der Waals surface area contributed by atoms with Gasteiger partial charge in [-0.2, -0.15) is 8.78 Å². The van der Waals surface area contributed by atoms with Crippen LogP contribution in [0.4, 0.5) is 8.78 Å². The fourth-order valence-corrected chi connectivity index (χ4v) is 1.96. The predicted octanol–water partition coefficient (Wildman–Crippen LogP) is 2.17. The fraction of sp³-hybridized carbons (Fsp3) is 0.700. The molecule has 1 aliphatic carbocycles. The van der Waals surface area contributed by atoms with Gasteiger partial charge < -0.3 is 5.32 Å². The van der Waals surface area contributed by atoms with Gasteiger partial charge in [0.15, 0.2) is 0 Å². The molecule has 1 N–H and O–H groups in total. The summed E-state index contributed by atoms with van der Waals surface area (Å²) in [6, 6.07) is 0.475. The van der Waals surface area contributed by atoms with E-state index in [0.29, 0.717) is 18.4 Å². The first-order valence-corrected chi connectivity index (χ1v) is 5.20. The minimum Gasteiger partial charge on any atom is -0.307 e. The predicted molar refractivity (Wildman–Crippen MR) is 52.5 cm³/mol. The van der Waals surface area contributed by atoms with E-state index in [1.54, 1.807) is 0 Å². The lowest BCUT2D eigenvalue weighted by atomic mass is 9.82. The van der Waals surface area contributed by atoms with Gasteiger partial charge in [-0.25, -0.2) is 4.98 Å². The second-order valence-corrected chi connectivity index (χ2v) is 4.18. The Balaban J connectivity index is 1.85. The Morgan fingerprint density at radius 1 is 1.60 bits per heavy atom. The Morgan fingerprint density at radius 2 is 2.33 bits per heavy atom. The van der Waals surface area contributed by atoms with E-state index in [1.165, 1.54) is 12.4 Å². The molecule has 0 spiro atoms. The summed E-state index contributed by atoms with van der Waals surface area (Å²) in [6.45, 7) is 0.122. The van der Waals surface area contributed by atoms with E-state index in [0.717, 1.165) is 23.3 Å². The van der Waals surface area contributed by atoms with Crippen molar-refractivity contribution in [3.05, 3.63) is 18.2 Å². The van der Waals surface area contributed by atoms with E-state index in [-0.39, 0.29) is 0 Å². The fourth-order valence-electron chi connectivity index (χ4n) is 1.96. The van der Waals surface area contributed by atoms with Crippen molar-refractivity contribution in [2.45, 2.75) is 38.9 Å². The molecule has 15 heavy (non-hydrogen) atoms. The first-order valence-electron chi connectivity index (χ1n) is 5.20. The Morgan fingerprint density at radius 3 is 2.93 bits per heavy atom. The molecule has 0 atom stereocenters. The molecular formula is C10H15F2N3. The van der Waals surface area contributed by atoms with Crippen molar-refractivity contribution in [1.29, 1.82) is 0 Å². The normalized spacial score (nSPS) is 25.6. The first kappa shape index (κ1) is 10.5. The lowest BCUT2D eigenvalue weighted by Crippen LogP contribution is -2.40. The molecule has 0 saturated heterocycles. The third-order valence-corrected chi connectivity index (χ3v) is 2.88. The quantitative estimate of drug-likeness (QED) is 0.834. The first-order chi connectivity index (χ1) is 7.16. The Bertz CT molecular complexity index is 318. The maximum Gasteiger partial charge on any atom is 0.319 e. The van der Waals surface area contributed by atoms with Crippen molar-refractivity contribution in [2.75, 3.05) is 0 Å². The van der Waals surface area contributed by atoms with E-state index in [1.807, 2.05) is 0 Å². The summed E-state index contributed by atoms with van der Waals surface area (Å²) >= 11 is 0. The van der Waals surface area contributed by atoms with Crippen molar-refractivity contribution in [2.24, 2.45) is 5.92 Å². The number of hydrogen-bond donors (Lipinski definition) is 1. The molecule has 0 amide bonds. The zero-order valence-electron chi connectivity index (χ0n) is 8.66. The molecule has 2 rings (SSSR count). The minimum absolute atomic E-state index is 0.407. The molecule has 0 bridgehead atoms. The number of hydrogen-bond acceptors (Lipinski definition) is 2. The second kappa shape index (κ2) is 4.26. The topological polar surface area (TPSA) is 29.9 Å². The van der Waals surface area contributed by atoms with Crippen LogP contribution < -0.4 is 5.32 Å². The van der Waals surface area contributed by atoms with Gasteiger partial charge in [-0.3, -0.25) is 4.57 Å². The van der Waals surface area contributed by atoms with Gasteiger partial charge in [-0.15, -0.1) is 0 Å². The summed E-state index contributed by atoms with van der Waals surface area (Å²) in [4.78, 5) is 3.91. The maximum absolute atomic E-state index is 12.4. The number of rotatable bonds is 4. The number of nitrogens with zero attached hydrogens (tertiary/aromatic N) is 2. The molecule has 1 heterocycles. The third-order valence-electron chi connectivity index (χ3n) is 2.88. The minimum atomic E-state index is -2.50. The molecule has 1 aromatic rings. The summed E-state index contributed by atoms with van der Waals surface area (Å²) in [7, 11) is 0. The van der Waals surface area contributed by atoms with Gasteiger partial charge in [0.05, 0.1) is 6.54 Å². The van der Waals surface area contributed by atoms with Gasteiger partial charge >= 0.3 is 6.55 Å². The van der Waals surface area contributed by atoms with E-state index < -0.39 is 6.55 Å². The van der Waals surface area contributed by atoms with Crippen LogP contribution in [0, 0.1) is 5.92 Å². The third kappa shape index (κ3) is 2.34. The van der Waals surface area contributed by atoms with Crippen LogP contribution in [0.1, 0.15) is 32.1 Å². The number of halogens is 2. The number of alkyl halides is 2. The van der Waals surface area contributed by atoms with Crippen LogP contribution in [-0.4, -0.2) is 15.6 Å². The Kier molecular flexibility index (Phi) is 3.00. The van der Waals surface area contributed by atoms with Crippen LogP contribution >= 0.6 is 0 Å². The van der Waals surface area contributed by atoms with Crippen LogP contribution in [0.15, 0.2) is 12.4 Å². The largest absolute Gasteiger partial charge is 0.319 e. The lowest BCUT2D eigenvalue weighted by molar-refractivity contribution is 0.0660. The maximum atomic E-state index is 12.4. The summed E-state index contributed by atoms with van der Waals surface area (Å²) < 4.78 is 25.8. The van der Waals surface area contributed by atoms with Crippen LogP contribution in [0.5, 0.6) is 0 Å². The lowest BCUT2D eigenvalue weighted by Gasteiger charge is -2.33. The highest BCUT2D eigenvalue weighted by atomic mass is 19.3. The molecule has 0 aromatic carbocycles. The smallest absolute Gasteiger partial charge is 0.307 e. The van der Waals surface area contributed by atoms with Gasteiger partial charge in [0, 0.05) is 18.4 Å². The summed E-state index contributed by atoms with van der Waals surface area (Å²) in [6.07, 6.45) is 4.99. The molecule has 0 radical (unpaired) electrons. The highest BCUT2D eigenvalue weighted by Gasteiger charge is 2.25. The van der Waals surface area contributed by atoms with E-state index in [4.69, 9.17) is 0 Å². The Hall–Kier alpha value is -0.970. The van der Waals surface area contributed by atoms with Gasteiger partial charge in [-0.1, -0.05) is 6.92 Å². The number of nitrogens with one attached hydrogen (secondary N) is 1. The van der Waals surface area contributed by atoms with Crippen LogP contribution in [0.25, 0.3) is 0 Å². The van der Waals surface area contributed by atoms with Gasteiger partial charge in [-0.05, 0) is 18.8 Å². The highest BCUT2D eigenvalue weighted by Crippen LogP contribution is 2.26. The highest BCUT2D eigenvalue weighted by molar-refractivity contribution is 4.94. The van der Waals surface area contributed by atoms with Gasteiger partial charge in [0.25, 0.3) is 0 Å². The number of imidazole rings is 1. The van der Waals surface area contributed by atoms with Crippen LogP contribution in [0.2, 0.25) is 0 Å². The van der Waals surface area contributed by atoms with Crippen molar-refractivity contribution >= 4 is 0 Å². The average molecular weight is 215 g/mol. The van der Waals surface area contributed by atoms with E-state index in [2.05, 4.69) is 17.2 Å². The van der Waals surface area contributed by atoms with Crippen LogP contribution in [-0.2, 0) is 6.54 Å². The molecule has 5 heteroatoms. The summed E-state index contributed by atoms with van der Waals surface area (Å²) in [5.74, 6) is 1.17. The number of aromatic nitrogens is 2. The summed E-state index contributed by atoms with van der Waals surface area (Å²) in [5, 5.41) is 3.23. The summed E-state index contributed by atoms with van der Waals surface area (Å²) in [5.41, 5.74) is 0. The van der Waals surface area contributed by atoms with E-state index in [9.17, 15) is 8.78 Å². The SMILES string of the molecule is CC1CC(NCc2nccn2C(F)F)C1. The van der Waals surface area contributed by atoms with E-state index >= 15 is 0 Å². The van der Waals surface area contributed by atoms with Crippen molar-refractivity contribution < 1.29 is 8.78 Å². The molecular weight excluding hydrogens is 200 g/mol. The molecule has 1 saturated carbocycles. The van der Waals surface area contributed by atoms with Crippen molar-refractivity contribution in [3.8, 4) is 0 Å². The zero-order valence-corrected chi connectivity index (χ0v) is 8.66. The van der Waals surface area contributed by atoms with Gasteiger partial charge in [0.2, 0.25) is 0 Å². The molecule has 1 fully saturated rings. The molecule has 1 aliphatic rings. The molecule has 84 valence electrons. The standard InChI is InChI=1S/C10H15F2N3/c1-7-4-8(5-7)14-6-9-13-2-3-15(9)10(11)12/h2-3,7-8,10,14H,4-6H2,1H3. The van der Waals surface area contributed by atoms with Crippen molar-refractivity contribution in [1.82, 2.24) is 14.9 Å². The molecule has 0 aliphatic heterocycles.